The molecule has 2 rings (SSSR count). The van der Waals surface area contributed by atoms with Crippen LogP contribution < -0.4 is 0 Å². The molecule has 1 heterocycles. The molecule has 6 nitrogen and oxygen atoms in total. The first-order valence-corrected chi connectivity index (χ1v) is 9.30. The Labute approximate surface area is 149 Å². The zero-order valence-electron chi connectivity index (χ0n) is 14.2. The molecule has 0 bridgehead atoms. The molecule has 0 spiro atoms. The number of nitrogens with zero attached hydrogens (tertiary/aromatic N) is 1. The number of carboxylic acid groups (broad SMARTS) is 1. The number of alkyl halides is 3. The number of carboxylic acids is 1. The zero-order valence-corrected chi connectivity index (χ0v) is 15.1. The van der Waals surface area contributed by atoms with Gasteiger partial charge in [0.15, 0.2) is 0 Å². The minimum Gasteiger partial charge on any atom is -0.481 e. The van der Waals surface area contributed by atoms with Gasteiger partial charge < -0.3 is 10.2 Å². The van der Waals surface area contributed by atoms with Gasteiger partial charge in [0.1, 0.15) is 0 Å². The van der Waals surface area contributed by atoms with E-state index >= 15 is 0 Å². The van der Waals surface area contributed by atoms with E-state index < -0.39 is 43.6 Å². The molecule has 0 saturated carbocycles. The smallest absolute Gasteiger partial charge is 0.417 e. The summed E-state index contributed by atoms with van der Waals surface area (Å²) in [5, 5.41) is 19.9. The highest BCUT2D eigenvalue weighted by Gasteiger charge is 2.52. The minimum atomic E-state index is -4.83. The van der Waals surface area contributed by atoms with Crippen molar-refractivity contribution in [1.29, 1.82) is 0 Å². The average Bonchev–Trinajstić information content (AvgIpc) is 2.54. The van der Waals surface area contributed by atoms with E-state index in [-0.39, 0.29) is 25.9 Å². The summed E-state index contributed by atoms with van der Waals surface area (Å²) in [6.45, 7) is 2.11. The van der Waals surface area contributed by atoms with Gasteiger partial charge in [0, 0.05) is 13.1 Å². The van der Waals surface area contributed by atoms with Gasteiger partial charge in [-0.25, -0.2) is 8.42 Å². The summed E-state index contributed by atoms with van der Waals surface area (Å²) in [6.07, 6.45) is -5.22. The first-order chi connectivity index (χ1) is 11.7. The first kappa shape index (κ1) is 20.7. The van der Waals surface area contributed by atoms with Crippen LogP contribution in [0.25, 0.3) is 0 Å². The summed E-state index contributed by atoms with van der Waals surface area (Å²) in [4.78, 5) is 10.5. The van der Waals surface area contributed by atoms with Crippen molar-refractivity contribution in [1.82, 2.24) is 4.31 Å². The van der Waals surface area contributed by atoms with Gasteiger partial charge in [0.25, 0.3) is 0 Å². The number of rotatable bonds is 4. The Kier molecular flexibility index (Phi) is 5.17. The van der Waals surface area contributed by atoms with Crippen molar-refractivity contribution >= 4 is 16.0 Å². The molecule has 26 heavy (non-hydrogen) atoms. The van der Waals surface area contributed by atoms with Crippen LogP contribution in [0.2, 0.25) is 0 Å². The summed E-state index contributed by atoms with van der Waals surface area (Å²) in [6, 6.07) is 3.89. The first-order valence-electron chi connectivity index (χ1n) is 7.86. The quantitative estimate of drug-likeness (QED) is 0.816. The maximum atomic E-state index is 13.1. The molecule has 1 aliphatic heterocycles. The van der Waals surface area contributed by atoms with Crippen molar-refractivity contribution in [3.05, 3.63) is 29.8 Å². The lowest BCUT2D eigenvalue weighted by Gasteiger charge is -2.45. The van der Waals surface area contributed by atoms with Crippen molar-refractivity contribution in [3.63, 3.8) is 0 Å². The van der Waals surface area contributed by atoms with Gasteiger partial charge >= 0.3 is 12.1 Å². The average molecular weight is 395 g/mol. The number of aliphatic hydroxyl groups is 1. The summed E-state index contributed by atoms with van der Waals surface area (Å²) in [5.74, 6) is -1.24. The summed E-state index contributed by atoms with van der Waals surface area (Å²) in [7, 11) is -4.44. The summed E-state index contributed by atoms with van der Waals surface area (Å²) < 4.78 is 65.6. The lowest BCUT2D eigenvalue weighted by Crippen LogP contribution is -2.56. The number of carbonyl (C=O) groups is 1. The van der Waals surface area contributed by atoms with Gasteiger partial charge in [-0.1, -0.05) is 12.1 Å². The molecule has 0 unspecified atom stereocenters. The highest BCUT2D eigenvalue weighted by Crippen LogP contribution is 2.41. The lowest BCUT2D eigenvalue weighted by molar-refractivity contribution is -0.169. The lowest BCUT2D eigenvalue weighted by atomic mass is 9.70. The van der Waals surface area contributed by atoms with Crippen LogP contribution in [0.5, 0.6) is 0 Å². The fourth-order valence-corrected chi connectivity index (χ4v) is 4.64. The third-order valence-electron chi connectivity index (χ3n) is 5.06. The number of sulfonamides is 1. The number of benzene rings is 1. The molecule has 146 valence electrons. The molecule has 0 aromatic heterocycles. The number of hydrogen-bond acceptors (Lipinski definition) is 4. The monoisotopic (exact) mass is 395 g/mol. The zero-order chi connectivity index (χ0) is 20.0. The molecular weight excluding hydrogens is 375 g/mol. The van der Waals surface area contributed by atoms with Gasteiger partial charge in [-0.05, 0) is 38.8 Å². The second-order valence-electron chi connectivity index (χ2n) is 6.86. The molecule has 0 radical (unpaired) electrons. The third-order valence-corrected chi connectivity index (χ3v) is 7.01. The normalized spacial score (nSPS) is 19.3. The van der Waals surface area contributed by atoms with E-state index in [1.54, 1.807) is 0 Å². The Morgan fingerprint density at radius 1 is 1.15 bits per heavy atom. The third kappa shape index (κ3) is 3.45. The fourth-order valence-electron chi connectivity index (χ4n) is 2.99. The topological polar surface area (TPSA) is 94.9 Å². The van der Waals surface area contributed by atoms with E-state index in [2.05, 4.69) is 0 Å². The second-order valence-corrected chi connectivity index (χ2v) is 8.77. The largest absolute Gasteiger partial charge is 0.481 e. The van der Waals surface area contributed by atoms with Crippen molar-refractivity contribution in [2.45, 2.75) is 43.4 Å². The molecule has 10 heteroatoms. The summed E-state index contributed by atoms with van der Waals surface area (Å²) >= 11 is 0. The van der Waals surface area contributed by atoms with Gasteiger partial charge in [-0.3, -0.25) is 4.79 Å². The molecule has 1 fully saturated rings. The second kappa shape index (κ2) is 6.50. The van der Waals surface area contributed by atoms with Crippen LogP contribution in [0.1, 0.15) is 32.3 Å². The minimum absolute atomic E-state index is 0.195. The Morgan fingerprint density at radius 2 is 1.65 bits per heavy atom. The van der Waals surface area contributed by atoms with Gasteiger partial charge in [0.2, 0.25) is 10.0 Å². The highest BCUT2D eigenvalue weighted by molar-refractivity contribution is 7.89. The number of aliphatic carboxylic acids is 1. The predicted molar refractivity (Wildman–Crippen MR) is 85.8 cm³/mol. The standard InChI is InChI=1S/C16H20F3NO5S/c1-14(2,13(21)22)15(23)7-9-20(10-8-15)26(24,25)12-6-4-3-5-11(12)16(17,18)19/h3-6,23H,7-10H2,1-2H3,(H,21,22). The SMILES string of the molecule is CC(C)(C(=O)O)C1(O)CCN(S(=O)(=O)c2ccccc2C(F)(F)F)CC1. The van der Waals surface area contributed by atoms with Gasteiger partial charge in [-0.15, -0.1) is 0 Å². The van der Waals surface area contributed by atoms with Gasteiger partial charge in [0.05, 0.1) is 21.5 Å². The molecule has 0 aliphatic carbocycles. The van der Waals surface area contributed by atoms with E-state index in [0.29, 0.717) is 6.07 Å². The Hall–Kier alpha value is -1.65. The maximum absolute atomic E-state index is 13.1. The van der Waals surface area contributed by atoms with Crippen molar-refractivity contribution in [2.24, 2.45) is 5.41 Å². The van der Waals surface area contributed by atoms with E-state index in [1.807, 2.05) is 0 Å². The van der Waals surface area contributed by atoms with Crippen LogP contribution in [-0.2, 0) is 21.0 Å². The van der Waals surface area contributed by atoms with Crippen LogP contribution in [0.15, 0.2) is 29.2 Å². The van der Waals surface area contributed by atoms with E-state index in [1.165, 1.54) is 19.9 Å². The van der Waals surface area contributed by atoms with Crippen molar-refractivity contribution in [2.75, 3.05) is 13.1 Å². The molecule has 1 aliphatic rings. The van der Waals surface area contributed by atoms with Crippen LogP contribution in [0.3, 0.4) is 0 Å². The molecule has 2 N–H and O–H groups in total. The van der Waals surface area contributed by atoms with E-state index in [0.717, 1.165) is 16.4 Å². The van der Waals surface area contributed by atoms with Crippen LogP contribution in [0.4, 0.5) is 13.2 Å². The Morgan fingerprint density at radius 3 is 2.12 bits per heavy atom. The van der Waals surface area contributed by atoms with E-state index in [9.17, 15) is 36.6 Å². The van der Waals surface area contributed by atoms with E-state index in [4.69, 9.17) is 0 Å². The van der Waals surface area contributed by atoms with Crippen LogP contribution >= 0.6 is 0 Å². The molecule has 0 amide bonds. The van der Waals surface area contributed by atoms with Crippen molar-refractivity contribution in [3.8, 4) is 0 Å². The van der Waals surface area contributed by atoms with Crippen LogP contribution in [-0.4, -0.2) is 47.6 Å². The molecule has 1 aromatic carbocycles. The molecule has 1 saturated heterocycles. The maximum Gasteiger partial charge on any atom is 0.417 e. The number of halogens is 3. The molecule has 0 atom stereocenters. The van der Waals surface area contributed by atoms with Crippen molar-refractivity contribution < 1.29 is 36.6 Å². The predicted octanol–water partition coefficient (Wildman–Crippen LogP) is 2.33. The highest BCUT2D eigenvalue weighted by atomic mass is 32.2. The van der Waals surface area contributed by atoms with Crippen LogP contribution in [0, 0.1) is 5.41 Å². The molecule has 1 aromatic rings. The van der Waals surface area contributed by atoms with Gasteiger partial charge in [-0.2, -0.15) is 17.5 Å². The number of hydrogen-bond donors (Lipinski definition) is 2. The molecular formula is C16H20F3NO5S. The fraction of sp³-hybridized carbons (Fsp3) is 0.562. The Bertz CT molecular complexity index is 796. The summed E-state index contributed by atoms with van der Waals surface area (Å²) in [5.41, 5.74) is -4.44. The number of piperidine rings is 1. The Balaban J connectivity index is 2.32.